The summed E-state index contributed by atoms with van der Waals surface area (Å²) >= 11 is 12.1. The lowest BCUT2D eigenvalue weighted by Crippen LogP contribution is -2.02. The summed E-state index contributed by atoms with van der Waals surface area (Å²) in [5, 5.41) is 0.841. The van der Waals surface area contributed by atoms with Crippen LogP contribution in [0.15, 0.2) is 36.4 Å². The molecule has 0 unspecified atom stereocenters. The average Bonchev–Trinajstić information content (AvgIpc) is 2.38. The Morgan fingerprint density at radius 3 is 2.37 bits per heavy atom. The van der Waals surface area contributed by atoms with E-state index in [2.05, 4.69) is 0 Å². The summed E-state index contributed by atoms with van der Waals surface area (Å²) in [6.07, 6.45) is 0. The van der Waals surface area contributed by atoms with Crippen LogP contribution in [0.5, 0.6) is 5.75 Å². The zero-order valence-electron chi connectivity index (χ0n) is 10.5. The molecule has 0 aliphatic carbocycles. The first-order valence-electron chi connectivity index (χ1n) is 5.67. The minimum Gasteiger partial charge on any atom is -0.495 e. The Morgan fingerprint density at radius 2 is 1.79 bits per heavy atom. The van der Waals surface area contributed by atoms with Crippen LogP contribution < -0.4 is 4.74 Å². The summed E-state index contributed by atoms with van der Waals surface area (Å²) < 4.78 is 5.06. The molecule has 0 aliphatic rings. The highest BCUT2D eigenvalue weighted by molar-refractivity contribution is 6.35. The molecule has 0 radical (unpaired) electrons. The van der Waals surface area contributed by atoms with Crippen LogP contribution in [0.25, 0.3) is 0 Å². The molecule has 0 aromatic heterocycles. The van der Waals surface area contributed by atoms with Crippen molar-refractivity contribution in [2.24, 2.45) is 0 Å². The molecule has 0 N–H and O–H groups in total. The van der Waals surface area contributed by atoms with Gasteiger partial charge in [-0.1, -0.05) is 29.3 Å². The smallest absolute Gasteiger partial charge is 0.194 e. The molecular weight excluding hydrogens is 283 g/mol. The highest BCUT2D eigenvalue weighted by Crippen LogP contribution is 2.27. The zero-order valence-corrected chi connectivity index (χ0v) is 12.0. The zero-order chi connectivity index (χ0) is 14.0. The number of carbonyl (C=O) groups excluding carboxylic acids is 1. The van der Waals surface area contributed by atoms with Gasteiger partial charge in [-0.2, -0.15) is 0 Å². The first kappa shape index (κ1) is 13.9. The minimum atomic E-state index is -0.158. The number of benzene rings is 2. The van der Waals surface area contributed by atoms with Crippen LogP contribution in [0.1, 0.15) is 21.5 Å². The van der Waals surface area contributed by atoms with Gasteiger partial charge in [0.15, 0.2) is 5.78 Å². The number of halogens is 2. The van der Waals surface area contributed by atoms with Crippen molar-refractivity contribution in [1.29, 1.82) is 0 Å². The van der Waals surface area contributed by atoms with E-state index in [1.54, 1.807) is 30.3 Å². The topological polar surface area (TPSA) is 26.3 Å². The fourth-order valence-corrected chi connectivity index (χ4v) is 2.35. The number of carbonyl (C=O) groups is 1. The van der Waals surface area contributed by atoms with Gasteiger partial charge in [0, 0.05) is 11.1 Å². The molecule has 4 heteroatoms. The highest BCUT2D eigenvalue weighted by atomic mass is 35.5. The van der Waals surface area contributed by atoms with E-state index in [0.717, 1.165) is 5.56 Å². The van der Waals surface area contributed by atoms with Crippen molar-refractivity contribution in [2.75, 3.05) is 7.11 Å². The van der Waals surface area contributed by atoms with Gasteiger partial charge in [-0.25, -0.2) is 0 Å². The SMILES string of the molecule is COc1ccc(C(=O)c2ccc(C)cc2Cl)cc1Cl. The van der Waals surface area contributed by atoms with Gasteiger partial charge in [-0.15, -0.1) is 0 Å². The second-order valence-corrected chi connectivity index (χ2v) is 4.98. The van der Waals surface area contributed by atoms with Gasteiger partial charge in [-0.05, 0) is 42.8 Å². The van der Waals surface area contributed by atoms with E-state index in [1.165, 1.54) is 7.11 Å². The molecule has 2 nitrogen and oxygen atoms in total. The van der Waals surface area contributed by atoms with Crippen molar-refractivity contribution in [1.82, 2.24) is 0 Å². The Morgan fingerprint density at radius 1 is 1.05 bits per heavy atom. The van der Waals surface area contributed by atoms with Gasteiger partial charge in [0.25, 0.3) is 0 Å². The number of rotatable bonds is 3. The minimum absolute atomic E-state index is 0.158. The summed E-state index contributed by atoms with van der Waals surface area (Å²) in [6.45, 7) is 1.92. The van der Waals surface area contributed by atoms with Gasteiger partial charge in [-0.3, -0.25) is 4.79 Å². The van der Waals surface area contributed by atoms with Crippen LogP contribution in [-0.2, 0) is 0 Å². The standard InChI is InChI=1S/C15H12Cl2O2/c1-9-3-5-11(12(16)7-9)15(18)10-4-6-14(19-2)13(17)8-10/h3-8H,1-2H3. The van der Waals surface area contributed by atoms with E-state index in [0.29, 0.717) is 26.9 Å². The van der Waals surface area contributed by atoms with Crippen molar-refractivity contribution in [3.63, 3.8) is 0 Å². The maximum atomic E-state index is 12.3. The van der Waals surface area contributed by atoms with Gasteiger partial charge < -0.3 is 4.74 Å². The van der Waals surface area contributed by atoms with E-state index in [4.69, 9.17) is 27.9 Å². The molecule has 0 heterocycles. The molecule has 0 saturated carbocycles. The third-order valence-corrected chi connectivity index (χ3v) is 3.39. The van der Waals surface area contributed by atoms with Crippen molar-refractivity contribution in [3.8, 4) is 5.75 Å². The second-order valence-electron chi connectivity index (χ2n) is 4.16. The molecule has 0 aliphatic heterocycles. The van der Waals surface area contributed by atoms with Gasteiger partial charge in [0.2, 0.25) is 0 Å². The lowest BCUT2D eigenvalue weighted by Gasteiger charge is -2.07. The summed E-state index contributed by atoms with van der Waals surface area (Å²) in [5.41, 5.74) is 1.96. The Hall–Kier alpha value is -1.51. The lowest BCUT2D eigenvalue weighted by molar-refractivity contribution is 0.103. The van der Waals surface area contributed by atoms with Crippen molar-refractivity contribution in [3.05, 3.63) is 63.1 Å². The molecule has 0 fully saturated rings. The summed E-state index contributed by atoms with van der Waals surface area (Å²) in [5.74, 6) is 0.378. The lowest BCUT2D eigenvalue weighted by atomic mass is 10.0. The fourth-order valence-electron chi connectivity index (χ4n) is 1.77. The molecule has 2 aromatic rings. The van der Waals surface area contributed by atoms with Gasteiger partial charge in [0.1, 0.15) is 5.75 Å². The molecule has 0 amide bonds. The number of aryl methyl sites for hydroxylation is 1. The first-order chi connectivity index (χ1) is 9.02. The predicted molar refractivity (Wildman–Crippen MR) is 77.6 cm³/mol. The molecule has 0 bridgehead atoms. The van der Waals surface area contributed by atoms with Crippen molar-refractivity contribution < 1.29 is 9.53 Å². The molecule has 0 saturated heterocycles. The maximum Gasteiger partial charge on any atom is 0.194 e. The van der Waals surface area contributed by atoms with Crippen LogP contribution in [-0.4, -0.2) is 12.9 Å². The quantitative estimate of drug-likeness (QED) is 0.777. The van der Waals surface area contributed by atoms with E-state index in [-0.39, 0.29) is 5.78 Å². The van der Waals surface area contributed by atoms with Crippen LogP contribution in [0.4, 0.5) is 0 Å². The van der Waals surface area contributed by atoms with E-state index < -0.39 is 0 Å². The number of ether oxygens (including phenoxy) is 1. The largest absolute Gasteiger partial charge is 0.495 e. The Labute approximate surface area is 121 Å². The second kappa shape index (κ2) is 5.64. The molecule has 0 atom stereocenters. The first-order valence-corrected chi connectivity index (χ1v) is 6.43. The molecule has 19 heavy (non-hydrogen) atoms. The summed E-state index contributed by atoms with van der Waals surface area (Å²) in [7, 11) is 1.53. The van der Waals surface area contributed by atoms with E-state index >= 15 is 0 Å². The maximum absolute atomic E-state index is 12.3. The number of methoxy groups -OCH3 is 1. The molecule has 2 rings (SSSR count). The Bertz CT molecular complexity index is 636. The molecule has 2 aromatic carbocycles. The van der Waals surface area contributed by atoms with E-state index in [9.17, 15) is 4.79 Å². The van der Waals surface area contributed by atoms with Crippen LogP contribution in [0, 0.1) is 6.92 Å². The number of hydrogen-bond donors (Lipinski definition) is 0. The Kier molecular flexibility index (Phi) is 4.13. The predicted octanol–water partition coefficient (Wildman–Crippen LogP) is 4.54. The number of hydrogen-bond acceptors (Lipinski definition) is 2. The van der Waals surface area contributed by atoms with Crippen LogP contribution in [0.3, 0.4) is 0 Å². The Balaban J connectivity index is 2.41. The van der Waals surface area contributed by atoms with Crippen molar-refractivity contribution >= 4 is 29.0 Å². The van der Waals surface area contributed by atoms with Crippen LogP contribution >= 0.6 is 23.2 Å². The average molecular weight is 295 g/mol. The van der Waals surface area contributed by atoms with Gasteiger partial charge >= 0.3 is 0 Å². The number of ketones is 1. The molecule has 0 spiro atoms. The van der Waals surface area contributed by atoms with Gasteiger partial charge in [0.05, 0.1) is 17.2 Å². The monoisotopic (exact) mass is 294 g/mol. The molecule has 98 valence electrons. The summed E-state index contributed by atoms with van der Waals surface area (Å²) in [4.78, 5) is 12.3. The summed E-state index contributed by atoms with van der Waals surface area (Å²) in [6, 6.07) is 10.3. The molecular formula is C15H12Cl2O2. The third kappa shape index (κ3) is 2.91. The third-order valence-electron chi connectivity index (χ3n) is 2.78. The fraction of sp³-hybridized carbons (Fsp3) is 0.133. The normalized spacial score (nSPS) is 10.3. The highest BCUT2D eigenvalue weighted by Gasteiger charge is 2.14. The van der Waals surface area contributed by atoms with Crippen molar-refractivity contribution in [2.45, 2.75) is 6.92 Å². The van der Waals surface area contributed by atoms with Crippen LogP contribution in [0.2, 0.25) is 10.0 Å². The van der Waals surface area contributed by atoms with E-state index in [1.807, 2.05) is 13.0 Å².